The van der Waals surface area contributed by atoms with E-state index in [0.29, 0.717) is 11.9 Å². The zero-order chi connectivity index (χ0) is 12.9. The summed E-state index contributed by atoms with van der Waals surface area (Å²) in [6.45, 7) is 2.19. The Bertz CT molecular complexity index is 648. The predicted octanol–water partition coefficient (Wildman–Crippen LogP) is 1.92. The second kappa shape index (κ2) is 3.81. The zero-order valence-electron chi connectivity index (χ0n) is 9.98. The third-order valence-corrected chi connectivity index (χ3v) is 3.47. The summed E-state index contributed by atoms with van der Waals surface area (Å²) in [6.07, 6.45) is 0. The molecule has 0 radical (unpaired) electrons. The van der Waals surface area contributed by atoms with Gasteiger partial charge < -0.3 is 9.67 Å². The van der Waals surface area contributed by atoms with Crippen LogP contribution in [0.25, 0.3) is 10.9 Å². The summed E-state index contributed by atoms with van der Waals surface area (Å²) >= 11 is 0. The SMILES string of the molecule is CN1CCn2c(c(C(=O)O)c3cc(F)ccc32)C1. The Morgan fingerprint density at radius 1 is 1.39 bits per heavy atom. The number of hydrogen-bond acceptors (Lipinski definition) is 2. The lowest BCUT2D eigenvalue weighted by Gasteiger charge is -2.25. The van der Waals surface area contributed by atoms with Crippen molar-refractivity contribution in [2.45, 2.75) is 13.1 Å². The number of carboxylic acid groups (broad SMARTS) is 1. The van der Waals surface area contributed by atoms with Gasteiger partial charge in [0.15, 0.2) is 0 Å². The van der Waals surface area contributed by atoms with E-state index in [9.17, 15) is 14.3 Å². The van der Waals surface area contributed by atoms with Crippen molar-refractivity contribution in [2.75, 3.05) is 13.6 Å². The standard InChI is InChI=1S/C13H13FN2O2/c1-15-4-5-16-10-3-2-8(14)6-9(10)12(13(17)18)11(16)7-15/h2-3,6H,4-5,7H2,1H3,(H,17,18). The molecule has 1 aliphatic heterocycles. The van der Waals surface area contributed by atoms with Crippen molar-refractivity contribution >= 4 is 16.9 Å². The summed E-state index contributed by atoms with van der Waals surface area (Å²) < 4.78 is 15.3. The maximum atomic E-state index is 13.3. The molecule has 0 bridgehead atoms. The number of hydrogen-bond donors (Lipinski definition) is 1. The van der Waals surface area contributed by atoms with Crippen LogP contribution in [-0.4, -0.2) is 34.1 Å². The van der Waals surface area contributed by atoms with E-state index in [4.69, 9.17) is 0 Å². The molecule has 0 saturated carbocycles. The summed E-state index contributed by atoms with van der Waals surface area (Å²) in [5, 5.41) is 9.84. The minimum atomic E-state index is -0.991. The molecule has 94 valence electrons. The lowest BCUT2D eigenvalue weighted by atomic mass is 10.1. The number of carbonyl (C=O) groups is 1. The molecule has 0 saturated heterocycles. The summed E-state index contributed by atoms with van der Waals surface area (Å²) in [7, 11) is 1.95. The molecule has 1 aromatic heterocycles. The van der Waals surface area contributed by atoms with Crippen molar-refractivity contribution < 1.29 is 14.3 Å². The van der Waals surface area contributed by atoms with Crippen LogP contribution in [0.3, 0.4) is 0 Å². The fraction of sp³-hybridized carbons (Fsp3) is 0.308. The lowest BCUT2D eigenvalue weighted by Crippen LogP contribution is -2.30. The third-order valence-electron chi connectivity index (χ3n) is 3.47. The molecule has 1 N–H and O–H groups in total. The number of carboxylic acids is 1. The van der Waals surface area contributed by atoms with Gasteiger partial charge in [-0.05, 0) is 25.2 Å². The van der Waals surface area contributed by atoms with Gasteiger partial charge in [0.1, 0.15) is 5.82 Å². The smallest absolute Gasteiger partial charge is 0.338 e. The summed E-state index contributed by atoms with van der Waals surface area (Å²) in [5.74, 6) is -1.39. The number of fused-ring (bicyclic) bond motifs is 3. The molecule has 0 spiro atoms. The van der Waals surface area contributed by atoms with Gasteiger partial charge in [0.2, 0.25) is 0 Å². The maximum absolute atomic E-state index is 13.3. The minimum Gasteiger partial charge on any atom is -0.478 e. The topological polar surface area (TPSA) is 45.5 Å². The molecule has 0 atom stereocenters. The first-order valence-electron chi connectivity index (χ1n) is 5.80. The molecule has 2 heterocycles. The van der Waals surface area contributed by atoms with Crippen LogP contribution >= 0.6 is 0 Å². The first kappa shape index (κ1) is 11.2. The van der Waals surface area contributed by atoms with Crippen molar-refractivity contribution in [3.8, 4) is 0 Å². The number of aromatic nitrogens is 1. The molecule has 4 nitrogen and oxygen atoms in total. The number of nitrogens with zero attached hydrogens (tertiary/aromatic N) is 2. The van der Waals surface area contributed by atoms with Gasteiger partial charge in [-0.15, -0.1) is 0 Å². The number of likely N-dealkylation sites (N-methyl/N-ethyl adjacent to an activating group) is 1. The molecular formula is C13H13FN2O2. The van der Waals surface area contributed by atoms with E-state index in [1.807, 2.05) is 11.6 Å². The minimum absolute atomic E-state index is 0.232. The second-order valence-electron chi connectivity index (χ2n) is 4.68. The van der Waals surface area contributed by atoms with E-state index in [1.54, 1.807) is 6.07 Å². The number of halogens is 1. The number of benzene rings is 1. The van der Waals surface area contributed by atoms with Gasteiger partial charge in [0.25, 0.3) is 0 Å². The monoisotopic (exact) mass is 248 g/mol. The Kier molecular flexibility index (Phi) is 2.38. The summed E-state index contributed by atoms with van der Waals surface area (Å²) in [5.41, 5.74) is 1.80. The molecule has 1 aliphatic rings. The largest absolute Gasteiger partial charge is 0.478 e. The Morgan fingerprint density at radius 3 is 2.89 bits per heavy atom. The Hall–Kier alpha value is -1.88. The van der Waals surface area contributed by atoms with Crippen LogP contribution in [0.5, 0.6) is 0 Å². The van der Waals surface area contributed by atoms with Crippen LogP contribution < -0.4 is 0 Å². The average molecular weight is 248 g/mol. The predicted molar refractivity (Wildman–Crippen MR) is 65.2 cm³/mol. The summed E-state index contributed by atoms with van der Waals surface area (Å²) in [4.78, 5) is 13.5. The van der Waals surface area contributed by atoms with Gasteiger partial charge in [-0.1, -0.05) is 0 Å². The Balaban J connectivity index is 2.37. The molecule has 0 aliphatic carbocycles. The van der Waals surface area contributed by atoms with Gasteiger partial charge in [-0.25, -0.2) is 9.18 Å². The van der Waals surface area contributed by atoms with Gasteiger partial charge in [-0.3, -0.25) is 4.90 Å². The highest BCUT2D eigenvalue weighted by atomic mass is 19.1. The molecule has 0 amide bonds. The highest BCUT2D eigenvalue weighted by Gasteiger charge is 2.25. The highest BCUT2D eigenvalue weighted by molar-refractivity contribution is 6.05. The number of aromatic carboxylic acids is 1. The van der Waals surface area contributed by atoms with Crippen LogP contribution in [0.4, 0.5) is 4.39 Å². The molecule has 2 aromatic rings. The van der Waals surface area contributed by atoms with Crippen LogP contribution in [-0.2, 0) is 13.1 Å². The van der Waals surface area contributed by atoms with Crippen LogP contribution in [0.2, 0.25) is 0 Å². The third kappa shape index (κ3) is 1.51. The first-order chi connectivity index (χ1) is 8.58. The highest BCUT2D eigenvalue weighted by Crippen LogP contribution is 2.30. The average Bonchev–Trinajstić information content (AvgIpc) is 2.60. The zero-order valence-corrected chi connectivity index (χ0v) is 9.98. The maximum Gasteiger partial charge on any atom is 0.338 e. The van der Waals surface area contributed by atoms with Gasteiger partial charge in [-0.2, -0.15) is 0 Å². The van der Waals surface area contributed by atoms with Crippen molar-refractivity contribution in [3.63, 3.8) is 0 Å². The fourth-order valence-electron chi connectivity index (χ4n) is 2.64. The van der Waals surface area contributed by atoms with E-state index in [1.165, 1.54) is 12.1 Å². The van der Waals surface area contributed by atoms with Crippen molar-refractivity contribution in [1.29, 1.82) is 0 Å². The second-order valence-corrected chi connectivity index (χ2v) is 4.68. The molecule has 3 rings (SSSR count). The quantitative estimate of drug-likeness (QED) is 0.838. The van der Waals surface area contributed by atoms with Gasteiger partial charge >= 0.3 is 5.97 Å². The van der Waals surface area contributed by atoms with Crippen molar-refractivity contribution in [2.24, 2.45) is 0 Å². The van der Waals surface area contributed by atoms with Crippen molar-refractivity contribution in [3.05, 3.63) is 35.3 Å². The lowest BCUT2D eigenvalue weighted by molar-refractivity contribution is 0.0695. The van der Waals surface area contributed by atoms with Crippen LogP contribution in [0.1, 0.15) is 16.1 Å². The normalized spacial score (nSPS) is 15.9. The van der Waals surface area contributed by atoms with Gasteiger partial charge in [0, 0.05) is 36.2 Å². The summed E-state index contributed by atoms with van der Waals surface area (Å²) in [6, 6.07) is 4.34. The Morgan fingerprint density at radius 2 is 2.17 bits per heavy atom. The van der Waals surface area contributed by atoms with E-state index < -0.39 is 11.8 Å². The fourth-order valence-corrected chi connectivity index (χ4v) is 2.64. The van der Waals surface area contributed by atoms with E-state index in [2.05, 4.69) is 4.90 Å². The van der Waals surface area contributed by atoms with Gasteiger partial charge in [0.05, 0.1) is 5.56 Å². The van der Waals surface area contributed by atoms with Crippen LogP contribution in [0, 0.1) is 5.82 Å². The molecule has 0 unspecified atom stereocenters. The first-order valence-corrected chi connectivity index (χ1v) is 5.80. The molecule has 5 heteroatoms. The van der Waals surface area contributed by atoms with E-state index in [-0.39, 0.29) is 5.56 Å². The molecule has 18 heavy (non-hydrogen) atoms. The van der Waals surface area contributed by atoms with Crippen LogP contribution in [0.15, 0.2) is 18.2 Å². The molecule has 1 aromatic carbocycles. The molecular weight excluding hydrogens is 235 g/mol. The van der Waals surface area contributed by atoms with E-state index >= 15 is 0 Å². The molecule has 0 fully saturated rings. The number of rotatable bonds is 1. The van der Waals surface area contributed by atoms with E-state index in [0.717, 1.165) is 24.3 Å². The Labute approximate surface area is 103 Å². The van der Waals surface area contributed by atoms with Crippen molar-refractivity contribution in [1.82, 2.24) is 9.47 Å².